The van der Waals surface area contributed by atoms with Gasteiger partial charge >= 0.3 is 5.97 Å². The second-order valence-electron chi connectivity index (χ2n) is 3.37. The Labute approximate surface area is 107 Å². The Balaban J connectivity index is 3.88. The van der Waals surface area contributed by atoms with Crippen LogP contribution < -0.4 is 5.73 Å². The SMILES string of the molecule is CCOC(=O)CCN(CC)C(=O)CSCCN. The third-order valence-electron chi connectivity index (χ3n) is 2.11. The second kappa shape index (κ2) is 10.4. The summed E-state index contributed by atoms with van der Waals surface area (Å²) in [5.74, 6) is 0.998. The van der Waals surface area contributed by atoms with E-state index in [0.29, 0.717) is 32.0 Å². The third kappa shape index (κ3) is 8.04. The number of amides is 1. The summed E-state index contributed by atoms with van der Waals surface area (Å²) in [6.07, 6.45) is 0.259. The molecule has 0 saturated heterocycles. The Morgan fingerprint density at radius 1 is 1.35 bits per heavy atom. The molecule has 0 aliphatic carbocycles. The van der Waals surface area contributed by atoms with E-state index in [1.807, 2.05) is 6.92 Å². The zero-order valence-electron chi connectivity index (χ0n) is 10.6. The van der Waals surface area contributed by atoms with Gasteiger partial charge in [-0.05, 0) is 13.8 Å². The molecule has 5 nitrogen and oxygen atoms in total. The van der Waals surface area contributed by atoms with E-state index in [0.717, 1.165) is 5.75 Å². The normalized spacial score (nSPS) is 10.1. The lowest BCUT2D eigenvalue weighted by atomic mass is 10.3. The van der Waals surface area contributed by atoms with Crippen molar-refractivity contribution in [3.8, 4) is 0 Å². The molecule has 0 fully saturated rings. The van der Waals surface area contributed by atoms with Crippen LogP contribution in [0.25, 0.3) is 0 Å². The van der Waals surface area contributed by atoms with E-state index in [4.69, 9.17) is 10.5 Å². The van der Waals surface area contributed by atoms with E-state index in [9.17, 15) is 9.59 Å². The van der Waals surface area contributed by atoms with Crippen LogP contribution in [0.2, 0.25) is 0 Å². The Kier molecular flexibility index (Phi) is 9.95. The summed E-state index contributed by atoms with van der Waals surface area (Å²) in [6, 6.07) is 0. The molecular formula is C11H22N2O3S. The first kappa shape index (κ1) is 16.2. The lowest BCUT2D eigenvalue weighted by Gasteiger charge is -2.20. The summed E-state index contributed by atoms with van der Waals surface area (Å²) in [6.45, 7) is 5.66. The predicted molar refractivity (Wildman–Crippen MR) is 69.9 cm³/mol. The summed E-state index contributed by atoms with van der Waals surface area (Å²) in [7, 11) is 0. The average molecular weight is 262 g/mol. The second-order valence-corrected chi connectivity index (χ2v) is 4.47. The molecule has 0 unspecified atom stereocenters. The minimum Gasteiger partial charge on any atom is -0.466 e. The summed E-state index contributed by atoms with van der Waals surface area (Å²) < 4.78 is 4.82. The number of carbonyl (C=O) groups is 2. The molecule has 0 rings (SSSR count). The van der Waals surface area contributed by atoms with Crippen LogP contribution >= 0.6 is 11.8 Å². The van der Waals surface area contributed by atoms with Crippen molar-refractivity contribution in [1.82, 2.24) is 4.90 Å². The molecule has 0 heterocycles. The molecule has 0 aromatic carbocycles. The van der Waals surface area contributed by atoms with Gasteiger partial charge in [-0.25, -0.2) is 0 Å². The van der Waals surface area contributed by atoms with E-state index < -0.39 is 0 Å². The maximum Gasteiger partial charge on any atom is 0.307 e. The van der Waals surface area contributed by atoms with Crippen LogP contribution in [0.5, 0.6) is 0 Å². The van der Waals surface area contributed by atoms with Gasteiger partial charge in [0.1, 0.15) is 0 Å². The maximum atomic E-state index is 11.7. The van der Waals surface area contributed by atoms with Gasteiger partial charge in [0.15, 0.2) is 0 Å². The number of esters is 1. The van der Waals surface area contributed by atoms with Crippen LogP contribution in [0.4, 0.5) is 0 Å². The van der Waals surface area contributed by atoms with Crippen LogP contribution in [0.1, 0.15) is 20.3 Å². The molecule has 100 valence electrons. The molecule has 0 spiro atoms. The van der Waals surface area contributed by atoms with Gasteiger partial charge < -0.3 is 15.4 Å². The molecule has 0 aliphatic heterocycles. The van der Waals surface area contributed by atoms with Crippen LogP contribution in [-0.2, 0) is 14.3 Å². The lowest BCUT2D eigenvalue weighted by molar-refractivity contribution is -0.143. The molecule has 0 atom stereocenters. The van der Waals surface area contributed by atoms with Gasteiger partial charge in [0.2, 0.25) is 5.91 Å². The number of rotatable bonds is 9. The van der Waals surface area contributed by atoms with E-state index in [-0.39, 0.29) is 18.3 Å². The Hall–Kier alpha value is -0.750. The number of nitrogens with two attached hydrogens (primary N) is 1. The Bertz CT molecular complexity index is 237. The minimum atomic E-state index is -0.256. The van der Waals surface area contributed by atoms with Crippen molar-refractivity contribution >= 4 is 23.6 Å². The maximum absolute atomic E-state index is 11.7. The molecule has 0 radical (unpaired) electrons. The van der Waals surface area contributed by atoms with Gasteiger partial charge in [-0.2, -0.15) is 11.8 Å². The van der Waals surface area contributed by atoms with Crippen molar-refractivity contribution < 1.29 is 14.3 Å². The molecule has 0 saturated carbocycles. The van der Waals surface area contributed by atoms with Crippen molar-refractivity contribution in [2.75, 3.05) is 37.7 Å². The number of ether oxygens (including phenoxy) is 1. The van der Waals surface area contributed by atoms with Crippen LogP contribution in [0, 0.1) is 0 Å². The van der Waals surface area contributed by atoms with Gasteiger partial charge in [-0.1, -0.05) is 0 Å². The lowest BCUT2D eigenvalue weighted by Crippen LogP contribution is -2.34. The fraction of sp³-hybridized carbons (Fsp3) is 0.818. The number of carbonyl (C=O) groups excluding carboxylic acids is 2. The molecule has 1 amide bonds. The molecule has 2 N–H and O–H groups in total. The van der Waals surface area contributed by atoms with E-state index in [1.54, 1.807) is 11.8 Å². The molecule has 0 aromatic rings. The summed E-state index contributed by atoms with van der Waals surface area (Å²) in [5, 5.41) is 0. The molecule has 0 bridgehead atoms. The molecule has 6 heteroatoms. The highest BCUT2D eigenvalue weighted by atomic mass is 32.2. The van der Waals surface area contributed by atoms with E-state index in [2.05, 4.69) is 0 Å². The van der Waals surface area contributed by atoms with Gasteiger partial charge in [0, 0.05) is 25.4 Å². The van der Waals surface area contributed by atoms with E-state index >= 15 is 0 Å². The number of thioether (sulfide) groups is 1. The Morgan fingerprint density at radius 2 is 2.06 bits per heavy atom. The van der Waals surface area contributed by atoms with Gasteiger partial charge in [0.05, 0.1) is 18.8 Å². The number of nitrogens with zero attached hydrogens (tertiary/aromatic N) is 1. The highest BCUT2D eigenvalue weighted by molar-refractivity contribution is 7.99. The predicted octanol–water partition coefficient (Wildman–Crippen LogP) is 0.480. The first-order valence-electron chi connectivity index (χ1n) is 5.86. The standard InChI is InChI=1S/C11H22N2O3S/c1-3-13(7-5-11(15)16-4-2)10(14)9-17-8-6-12/h3-9,12H2,1-2H3. The molecule has 17 heavy (non-hydrogen) atoms. The topological polar surface area (TPSA) is 72.6 Å². The van der Waals surface area contributed by atoms with Crippen molar-refractivity contribution in [3.05, 3.63) is 0 Å². The quantitative estimate of drug-likeness (QED) is 0.483. The van der Waals surface area contributed by atoms with Crippen molar-refractivity contribution in [3.63, 3.8) is 0 Å². The van der Waals surface area contributed by atoms with Crippen LogP contribution in [0.15, 0.2) is 0 Å². The van der Waals surface area contributed by atoms with Crippen molar-refractivity contribution in [1.29, 1.82) is 0 Å². The van der Waals surface area contributed by atoms with E-state index in [1.165, 1.54) is 11.8 Å². The minimum absolute atomic E-state index is 0.0512. The summed E-state index contributed by atoms with van der Waals surface area (Å²) in [5.41, 5.74) is 5.35. The van der Waals surface area contributed by atoms with Gasteiger partial charge in [-0.15, -0.1) is 0 Å². The Morgan fingerprint density at radius 3 is 2.59 bits per heavy atom. The fourth-order valence-electron chi connectivity index (χ4n) is 1.25. The zero-order valence-corrected chi connectivity index (χ0v) is 11.4. The molecular weight excluding hydrogens is 240 g/mol. The molecule has 0 aromatic heterocycles. The molecule has 0 aliphatic rings. The largest absolute Gasteiger partial charge is 0.466 e. The first-order chi connectivity index (χ1) is 8.15. The van der Waals surface area contributed by atoms with Crippen molar-refractivity contribution in [2.24, 2.45) is 5.73 Å². The summed E-state index contributed by atoms with van der Waals surface area (Å²) in [4.78, 5) is 24.6. The summed E-state index contributed by atoms with van der Waals surface area (Å²) >= 11 is 1.52. The van der Waals surface area contributed by atoms with Gasteiger partial charge in [-0.3, -0.25) is 9.59 Å². The fourth-order valence-corrected chi connectivity index (χ4v) is 1.92. The number of hydrogen-bond donors (Lipinski definition) is 1. The number of hydrogen-bond acceptors (Lipinski definition) is 5. The van der Waals surface area contributed by atoms with Crippen molar-refractivity contribution in [2.45, 2.75) is 20.3 Å². The highest BCUT2D eigenvalue weighted by Crippen LogP contribution is 2.03. The monoisotopic (exact) mass is 262 g/mol. The zero-order chi connectivity index (χ0) is 13.1. The van der Waals surface area contributed by atoms with Crippen LogP contribution in [-0.4, -0.2) is 54.5 Å². The van der Waals surface area contributed by atoms with Crippen LogP contribution in [0.3, 0.4) is 0 Å². The third-order valence-corrected chi connectivity index (χ3v) is 3.09. The average Bonchev–Trinajstić information content (AvgIpc) is 2.30. The first-order valence-corrected chi connectivity index (χ1v) is 7.02. The highest BCUT2D eigenvalue weighted by Gasteiger charge is 2.13. The smallest absolute Gasteiger partial charge is 0.307 e. The van der Waals surface area contributed by atoms with Gasteiger partial charge in [0.25, 0.3) is 0 Å².